The van der Waals surface area contributed by atoms with Crippen molar-refractivity contribution in [3.63, 3.8) is 0 Å². The van der Waals surface area contributed by atoms with Crippen molar-refractivity contribution < 1.29 is 9.47 Å². The normalized spacial score (nSPS) is 25.7. The first-order valence-corrected chi connectivity index (χ1v) is 6.09. The first-order valence-electron chi connectivity index (χ1n) is 6.09. The fraction of sp³-hybridized carbons (Fsp3) is 1.00. The minimum Gasteiger partial charge on any atom is -0.379 e. The summed E-state index contributed by atoms with van der Waals surface area (Å²) in [5.41, 5.74) is 5.82. The van der Waals surface area contributed by atoms with Crippen LogP contribution >= 0.6 is 0 Å². The molecule has 16 heavy (non-hydrogen) atoms. The van der Waals surface area contributed by atoms with Gasteiger partial charge in [0.25, 0.3) is 0 Å². The van der Waals surface area contributed by atoms with Gasteiger partial charge in [0.2, 0.25) is 0 Å². The maximum absolute atomic E-state index is 5.86. The first-order chi connectivity index (χ1) is 7.44. The number of hydrogen-bond acceptors (Lipinski definition) is 4. The molecule has 96 valence electrons. The monoisotopic (exact) mass is 230 g/mol. The lowest BCUT2D eigenvalue weighted by Crippen LogP contribution is -2.50. The molecule has 0 amide bonds. The van der Waals surface area contributed by atoms with Crippen LogP contribution in [0, 0.1) is 0 Å². The Labute approximate surface area is 99.1 Å². The molecule has 0 aromatic heterocycles. The van der Waals surface area contributed by atoms with Gasteiger partial charge in [0, 0.05) is 32.8 Å². The second-order valence-corrected chi connectivity index (χ2v) is 5.28. The predicted octanol–water partition coefficient (Wildman–Crippen LogP) is 0.850. The number of rotatable bonds is 5. The van der Waals surface area contributed by atoms with Crippen molar-refractivity contribution in [2.75, 3.05) is 33.4 Å². The average molecular weight is 230 g/mol. The SMILES string of the molecule is COC(C)(C)CCN1CCOC(C(C)N)C1. The number of morpholine rings is 1. The van der Waals surface area contributed by atoms with Crippen molar-refractivity contribution in [3.05, 3.63) is 0 Å². The lowest BCUT2D eigenvalue weighted by Gasteiger charge is -2.36. The van der Waals surface area contributed by atoms with Crippen molar-refractivity contribution in [1.29, 1.82) is 0 Å². The van der Waals surface area contributed by atoms with Gasteiger partial charge in [0.15, 0.2) is 0 Å². The highest BCUT2D eigenvalue weighted by Gasteiger charge is 2.25. The lowest BCUT2D eigenvalue weighted by atomic mass is 10.0. The molecule has 1 heterocycles. The third-order valence-corrected chi connectivity index (χ3v) is 3.35. The van der Waals surface area contributed by atoms with Crippen LogP contribution in [-0.2, 0) is 9.47 Å². The zero-order valence-electron chi connectivity index (χ0n) is 11.0. The third-order valence-electron chi connectivity index (χ3n) is 3.35. The first kappa shape index (κ1) is 13.9. The summed E-state index contributed by atoms with van der Waals surface area (Å²) >= 11 is 0. The average Bonchev–Trinajstić information content (AvgIpc) is 2.27. The highest BCUT2D eigenvalue weighted by molar-refractivity contribution is 4.79. The standard InChI is InChI=1S/C12H26N2O2/c1-10(13)11-9-14(7-8-16-11)6-5-12(2,3)15-4/h10-11H,5-9,13H2,1-4H3. The minimum absolute atomic E-state index is 0.0396. The van der Waals surface area contributed by atoms with Crippen LogP contribution in [0.5, 0.6) is 0 Å². The van der Waals surface area contributed by atoms with Gasteiger partial charge < -0.3 is 15.2 Å². The highest BCUT2D eigenvalue weighted by Crippen LogP contribution is 2.15. The van der Waals surface area contributed by atoms with Crippen LogP contribution in [-0.4, -0.2) is 56.0 Å². The lowest BCUT2D eigenvalue weighted by molar-refractivity contribution is -0.0493. The van der Waals surface area contributed by atoms with Gasteiger partial charge in [-0.15, -0.1) is 0 Å². The van der Waals surface area contributed by atoms with Crippen LogP contribution in [0.25, 0.3) is 0 Å². The second kappa shape index (κ2) is 5.96. The highest BCUT2D eigenvalue weighted by atomic mass is 16.5. The Bertz CT molecular complexity index is 207. The van der Waals surface area contributed by atoms with Gasteiger partial charge in [-0.25, -0.2) is 0 Å². The Kier molecular flexibility index (Phi) is 5.18. The van der Waals surface area contributed by atoms with Crippen LogP contribution in [0.3, 0.4) is 0 Å². The Morgan fingerprint density at radius 1 is 1.56 bits per heavy atom. The van der Waals surface area contributed by atoms with Crippen molar-refractivity contribution in [3.8, 4) is 0 Å². The molecule has 1 saturated heterocycles. The van der Waals surface area contributed by atoms with E-state index in [0.29, 0.717) is 0 Å². The molecular weight excluding hydrogens is 204 g/mol. The van der Waals surface area contributed by atoms with E-state index in [1.165, 1.54) is 0 Å². The van der Waals surface area contributed by atoms with E-state index in [-0.39, 0.29) is 17.7 Å². The van der Waals surface area contributed by atoms with Crippen molar-refractivity contribution in [1.82, 2.24) is 4.90 Å². The molecule has 1 aliphatic heterocycles. The van der Waals surface area contributed by atoms with Gasteiger partial charge in [0.05, 0.1) is 18.3 Å². The van der Waals surface area contributed by atoms with Crippen LogP contribution in [0.4, 0.5) is 0 Å². The van der Waals surface area contributed by atoms with E-state index in [1.54, 1.807) is 7.11 Å². The van der Waals surface area contributed by atoms with E-state index in [4.69, 9.17) is 15.2 Å². The fourth-order valence-electron chi connectivity index (χ4n) is 1.78. The Hall–Kier alpha value is -0.160. The zero-order chi connectivity index (χ0) is 12.2. The Morgan fingerprint density at radius 2 is 2.25 bits per heavy atom. The van der Waals surface area contributed by atoms with Gasteiger partial charge in [-0.2, -0.15) is 0 Å². The topological polar surface area (TPSA) is 47.7 Å². The summed E-state index contributed by atoms with van der Waals surface area (Å²) in [5.74, 6) is 0. The number of nitrogens with two attached hydrogens (primary N) is 1. The van der Waals surface area contributed by atoms with Gasteiger partial charge in [-0.3, -0.25) is 4.90 Å². The molecule has 0 aromatic rings. The van der Waals surface area contributed by atoms with E-state index in [2.05, 4.69) is 18.7 Å². The van der Waals surface area contributed by atoms with Crippen molar-refractivity contribution in [2.24, 2.45) is 5.73 Å². The molecule has 2 N–H and O–H groups in total. The quantitative estimate of drug-likeness (QED) is 0.760. The maximum atomic E-state index is 5.86. The fourth-order valence-corrected chi connectivity index (χ4v) is 1.78. The molecule has 0 aliphatic carbocycles. The number of ether oxygens (including phenoxy) is 2. The Morgan fingerprint density at radius 3 is 2.81 bits per heavy atom. The molecular formula is C12H26N2O2. The van der Waals surface area contributed by atoms with E-state index >= 15 is 0 Å². The largest absolute Gasteiger partial charge is 0.379 e. The maximum Gasteiger partial charge on any atom is 0.0850 e. The summed E-state index contributed by atoms with van der Waals surface area (Å²) in [6.45, 7) is 10.0. The number of nitrogens with zero attached hydrogens (tertiary/aromatic N) is 1. The van der Waals surface area contributed by atoms with Gasteiger partial charge in [0.1, 0.15) is 0 Å². The molecule has 0 bridgehead atoms. The summed E-state index contributed by atoms with van der Waals surface area (Å²) in [5, 5.41) is 0. The van der Waals surface area contributed by atoms with Crippen LogP contribution in [0.15, 0.2) is 0 Å². The molecule has 2 atom stereocenters. The van der Waals surface area contributed by atoms with Gasteiger partial charge >= 0.3 is 0 Å². The van der Waals surface area contributed by atoms with E-state index in [9.17, 15) is 0 Å². The summed E-state index contributed by atoms with van der Waals surface area (Å²) in [7, 11) is 1.77. The molecule has 1 aliphatic rings. The van der Waals surface area contributed by atoms with E-state index in [1.807, 2.05) is 6.92 Å². The predicted molar refractivity (Wildman–Crippen MR) is 65.5 cm³/mol. The third kappa shape index (κ3) is 4.37. The van der Waals surface area contributed by atoms with Gasteiger partial charge in [-0.1, -0.05) is 0 Å². The zero-order valence-corrected chi connectivity index (χ0v) is 11.0. The molecule has 0 aromatic carbocycles. The minimum atomic E-state index is -0.0396. The molecule has 0 spiro atoms. The van der Waals surface area contributed by atoms with Crippen LogP contribution in [0.1, 0.15) is 27.2 Å². The smallest absolute Gasteiger partial charge is 0.0850 e. The summed E-state index contributed by atoms with van der Waals surface area (Å²) in [4.78, 5) is 2.41. The summed E-state index contributed by atoms with van der Waals surface area (Å²) in [6.07, 6.45) is 1.22. The summed E-state index contributed by atoms with van der Waals surface area (Å²) in [6, 6.07) is 0.109. The Balaban J connectivity index is 2.32. The van der Waals surface area contributed by atoms with Crippen LogP contribution in [0.2, 0.25) is 0 Å². The van der Waals surface area contributed by atoms with Gasteiger partial charge in [-0.05, 0) is 27.2 Å². The molecule has 0 radical (unpaired) electrons. The molecule has 1 rings (SSSR count). The van der Waals surface area contributed by atoms with Crippen LogP contribution < -0.4 is 5.73 Å². The number of hydrogen-bond donors (Lipinski definition) is 1. The van der Waals surface area contributed by atoms with Crippen molar-refractivity contribution >= 4 is 0 Å². The van der Waals surface area contributed by atoms with Crippen molar-refractivity contribution in [2.45, 2.75) is 44.9 Å². The van der Waals surface area contributed by atoms with E-state index in [0.717, 1.165) is 32.7 Å². The number of methoxy groups -OCH3 is 1. The molecule has 2 unspecified atom stereocenters. The summed E-state index contributed by atoms with van der Waals surface area (Å²) < 4.78 is 11.1. The molecule has 0 saturated carbocycles. The molecule has 4 nitrogen and oxygen atoms in total. The van der Waals surface area contributed by atoms with E-state index < -0.39 is 0 Å². The second-order valence-electron chi connectivity index (χ2n) is 5.28. The molecule has 4 heteroatoms. The molecule has 1 fully saturated rings.